The summed E-state index contributed by atoms with van der Waals surface area (Å²) >= 11 is 7.26. The maximum absolute atomic E-state index is 12.1. The molecule has 2 aromatic carbocycles. The Morgan fingerprint density at radius 2 is 2.07 bits per heavy atom. The molecule has 0 bridgehead atoms. The van der Waals surface area contributed by atoms with E-state index in [0.717, 1.165) is 11.1 Å². The van der Waals surface area contributed by atoms with Crippen LogP contribution in [0, 0.1) is 6.92 Å². The van der Waals surface area contributed by atoms with Crippen molar-refractivity contribution in [2.45, 2.75) is 6.92 Å². The fourth-order valence-corrected chi connectivity index (χ4v) is 3.43. The third kappa shape index (κ3) is 3.91. The molecular weight excluding hydrogens is 386 g/mol. The minimum Gasteiger partial charge on any atom is -0.484 e. The number of carbonyl (C=O) groups excluding carboxylic acids is 1. The summed E-state index contributed by atoms with van der Waals surface area (Å²) < 4.78 is 7.07. The molecule has 0 aliphatic heterocycles. The molecule has 7 nitrogen and oxygen atoms in total. The van der Waals surface area contributed by atoms with Gasteiger partial charge in [-0.25, -0.2) is 0 Å². The summed E-state index contributed by atoms with van der Waals surface area (Å²) in [5.41, 5.74) is 1.86. The number of anilines is 1. The largest absolute Gasteiger partial charge is 0.484 e. The first-order valence-corrected chi connectivity index (χ1v) is 9.25. The Hall–Kier alpha value is -2.97. The summed E-state index contributed by atoms with van der Waals surface area (Å²) in [7, 11) is 0. The number of hydrogen-bond acceptors (Lipinski definition) is 6. The van der Waals surface area contributed by atoms with Crippen LogP contribution in [0.2, 0.25) is 5.02 Å². The molecule has 136 valence electrons. The predicted molar refractivity (Wildman–Crippen MR) is 104 cm³/mol. The first-order valence-electron chi connectivity index (χ1n) is 8.06. The number of nitrogens with zero attached hydrogens (tertiary/aromatic N) is 4. The standard InChI is InChI=1S/C18H14ClN5O2S/c1-11-4-2-7-14(8-11)26-10-15(25)20-17-23-24-16(21-22-18(24)27-17)12-5-3-6-13(19)9-12/h2-9H,10H2,1H3,(H,20,23,25). The second kappa shape index (κ2) is 7.34. The maximum Gasteiger partial charge on any atom is 0.264 e. The SMILES string of the molecule is Cc1cccc(OCC(=O)Nc2nn3c(-c4cccc(Cl)c4)nnc3s2)c1. The average Bonchev–Trinajstić information content (AvgIpc) is 3.20. The van der Waals surface area contributed by atoms with Crippen molar-refractivity contribution < 1.29 is 9.53 Å². The first-order chi connectivity index (χ1) is 13.1. The fraction of sp³-hybridized carbons (Fsp3) is 0.111. The van der Waals surface area contributed by atoms with Crippen LogP contribution in [0.3, 0.4) is 0 Å². The Morgan fingerprint density at radius 3 is 2.89 bits per heavy atom. The lowest BCUT2D eigenvalue weighted by molar-refractivity contribution is -0.118. The number of aromatic nitrogens is 4. The number of aryl methyl sites for hydroxylation is 1. The number of benzene rings is 2. The molecule has 0 atom stereocenters. The van der Waals surface area contributed by atoms with E-state index in [0.29, 0.717) is 26.7 Å². The third-order valence-corrected chi connectivity index (χ3v) is 4.73. The average molecular weight is 400 g/mol. The van der Waals surface area contributed by atoms with Crippen molar-refractivity contribution >= 4 is 38.9 Å². The minimum absolute atomic E-state index is 0.106. The number of rotatable bonds is 5. The van der Waals surface area contributed by atoms with Gasteiger partial charge in [-0.05, 0) is 36.8 Å². The van der Waals surface area contributed by atoms with Gasteiger partial charge < -0.3 is 4.74 Å². The van der Waals surface area contributed by atoms with Crippen molar-refractivity contribution in [3.63, 3.8) is 0 Å². The molecule has 1 N–H and O–H groups in total. The topological polar surface area (TPSA) is 81.4 Å². The van der Waals surface area contributed by atoms with Crippen LogP contribution in [-0.4, -0.2) is 32.3 Å². The number of halogens is 1. The summed E-state index contributed by atoms with van der Waals surface area (Å²) in [6.07, 6.45) is 0. The van der Waals surface area contributed by atoms with Crippen molar-refractivity contribution in [1.29, 1.82) is 0 Å². The van der Waals surface area contributed by atoms with Gasteiger partial charge in [-0.3, -0.25) is 10.1 Å². The highest BCUT2D eigenvalue weighted by molar-refractivity contribution is 7.20. The van der Waals surface area contributed by atoms with Gasteiger partial charge in [-0.15, -0.1) is 15.3 Å². The van der Waals surface area contributed by atoms with Gasteiger partial charge in [-0.1, -0.05) is 47.2 Å². The lowest BCUT2D eigenvalue weighted by Crippen LogP contribution is -2.20. The van der Waals surface area contributed by atoms with E-state index < -0.39 is 0 Å². The van der Waals surface area contributed by atoms with Gasteiger partial charge in [0.15, 0.2) is 12.4 Å². The highest BCUT2D eigenvalue weighted by Crippen LogP contribution is 2.25. The van der Waals surface area contributed by atoms with Gasteiger partial charge in [0.1, 0.15) is 5.75 Å². The molecular formula is C18H14ClN5O2S. The van der Waals surface area contributed by atoms with Crippen molar-refractivity contribution in [3.8, 4) is 17.1 Å². The van der Waals surface area contributed by atoms with E-state index in [-0.39, 0.29) is 12.5 Å². The van der Waals surface area contributed by atoms with E-state index in [1.165, 1.54) is 11.3 Å². The lowest BCUT2D eigenvalue weighted by Gasteiger charge is -2.06. The van der Waals surface area contributed by atoms with E-state index in [1.54, 1.807) is 22.7 Å². The summed E-state index contributed by atoms with van der Waals surface area (Å²) in [4.78, 5) is 12.7. The van der Waals surface area contributed by atoms with Gasteiger partial charge in [-0.2, -0.15) is 4.52 Å². The Kier molecular flexibility index (Phi) is 4.74. The Bertz CT molecular complexity index is 1120. The molecule has 0 unspecified atom stereocenters. The number of fused-ring (bicyclic) bond motifs is 1. The highest BCUT2D eigenvalue weighted by Gasteiger charge is 2.15. The molecule has 4 aromatic rings. The van der Waals surface area contributed by atoms with Crippen LogP contribution in [0.25, 0.3) is 16.3 Å². The number of nitrogens with one attached hydrogen (secondary N) is 1. The lowest BCUT2D eigenvalue weighted by atomic mass is 10.2. The van der Waals surface area contributed by atoms with Crippen LogP contribution in [-0.2, 0) is 4.79 Å². The van der Waals surface area contributed by atoms with Gasteiger partial charge >= 0.3 is 0 Å². The normalized spacial score (nSPS) is 10.9. The van der Waals surface area contributed by atoms with E-state index in [9.17, 15) is 4.79 Å². The van der Waals surface area contributed by atoms with Gasteiger partial charge in [0.05, 0.1) is 0 Å². The van der Waals surface area contributed by atoms with Crippen LogP contribution in [0.5, 0.6) is 5.75 Å². The van der Waals surface area contributed by atoms with Crippen LogP contribution in [0.4, 0.5) is 5.13 Å². The highest BCUT2D eigenvalue weighted by atomic mass is 35.5. The van der Waals surface area contributed by atoms with E-state index in [4.69, 9.17) is 16.3 Å². The fourth-order valence-electron chi connectivity index (χ4n) is 2.48. The van der Waals surface area contributed by atoms with Gasteiger partial charge in [0.25, 0.3) is 5.91 Å². The molecule has 9 heteroatoms. The molecule has 27 heavy (non-hydrogen) atoms. The van der Waals surface area contributed by atoms with Crippen LogP contribution in [0.1, 0.15) is 5.56 Å². The summed E-state index contributed by atoms with van der Waals surface area (Å²) in [6.45, 7) is 1.86. The number of hydrogen-bond donors (Lipinski definition) is 1. The second-order valence-corrected chi connectivity index (χ2v) is 7.18. The third-order valence-electron chi connectivity index (χ3n) is 3.68. The minimum atomic E-state index is -0.300. The van der Waals surface area contributed by atoms with Crippen molar-refractivity contribution in [2.24, 2.45) is 0 Å². The quantitative estimate of drug-likeness (QED) is 0.551. The maximum atomic E-state index is 12.1. The Labute approximate surface area is 163 Å². The molecule has 0 aliphatic carbocycles. The zero-order valence-corrected chi connectivity index (χ0v) is 15.8. The zero-order chi connectivity index (χ0) is 18.8. The number of amides is 1. The molecule has 0 aliphatic rings. The monoisotopic (exact) mass is 399 g/mol. The van der Waals surface area contributed by atoms with Crippen molar-refractivity contribution in [2.75, 3.05) is 11.9 Å². The Balaban J connectivity index is 1.47. The number of ether oxygens (including phenoxy) is 1. The summed E-state index contributed by atoms with van der Waals surface area (Å²) in [5, 5.41) is 16.3. The molecule has 0 saturated heterocycles. The Morgan fingerprint density at radius 1 is 1.22 bits per heavy atom. The molecule has 0 saturated carbocycles. The molecule has 4 rings (SSSR count). The molecule has 0 radical (unpaired) electrons. The van der Waals surface area contributed by atoms with E-state index in [2.05, 4.69) is 20.6 Å². The molecule has 2 heterocycles. The van der Waals surface area contributed by atoms with Crippen LogP contribution < -0.4 is 10.1 Å². The van der Waals surface area contributed by atoms with E-state index >= 15 is 0 Å². The molecule has 0 fully saturated rings. The smallest absolute Gasteiger partial charge is 0.264 e. The number of carbonyl (C=O) groups is 1. The first kappa shape index (κ1) is 17.4. The van der Waals surface area contributed by atoms with Crippen LogP contribution >= 0.6 is 22.9 Å². The van der Waals surface area contributed by atoms with Crippen LogP contribution in [0.15, 0.2) is 48.5 Å². The summed E-state index contributed by atoms with van der Waals surface area (Å²) in [6, 6.07) is 14.8. The van der Waals surface area contributed by atoms with Crippen molar-refractivity contribution in [3.05, 3.63) is 59.1 Å². The van der Waals surface area contributed by atoms with Gasteiger partial charge in [0, 0.05) is 10.6 Å². The molecule has 1 amide bonds. The molecule has 0 spiro atoms. The van der Waals surface area contributed by atoms with Crippen molar-refractivity contribution in [1.82, 2.24) is 19.8 Å². The van der Waals surface area contributed by atoms with Gasteiger partial charge in [0.2, 0.25) is 10.1 Å². The van der Waals surface area contributed by atoms with E-state index in [1.807, 2.05) is 37.3 Å². The summed E-state index contributed by atoms with van der Waals surface area (Å²) in [5.74, 6) is 0.901. The zero-order valence-electron chi connectivity index (χ0n) is 14.2. The molecule has 2 aromatic heterocycles. The second-order valence-electron chi connectivity index (χ2n) is 5.79. The predicted octanol–water partition coefficient (Wildman–Crippen LogP) is 3.83.